The van der Waals surface area contributed by atoms with Gasteiger partial charge >= 0.3 is 0 Å². The van der Waals surface area contributed by atoms with Gasteiger partial charge in [0.15, 0.2) is 17.2 Å². The fourth-order valence-electron chi connectivity index (χ4n) is 4.08. The highest BCUT2D eigenvalue weighted by Crippen LogP contribution is 2.31. The molecule has 0 aliphatic heterocycles. The summed E-state index contributed by atoms with van der Waals surface area (Å²) >= 11 is 0. The van der Waals surface area contributed by atoms with E-state index in [1.54, 1.807) is 24.7 Å². The summed E-state index contributed by atoms with van der Waals surface area (Å²) in [4.78, 5) is 33.5. The molecule has 0 radical (unpaired) electrons. The number of nitrogens with one attached hydrogen (secondary N) is 3. The first-order chi connectivity index (χ1) is 18.0. The maximum absolute atomic E-state index is 13.9. The van der Waals surface area contributed by atoms with E-state index in [4.69, 9.17) is 4.98 Å². The van der Waals surface area contributed by atoms with Crippen LogP contribution < -0.4 is 5.32 Å². The van der Waals surface area contributed by atoms with E-state index in [1.807, 2.05) is 44.2 Å². The van der Waals surface area contributed by atoms with E-state index in [2.05, 4.69) is 35.5 Å². The third kappa shape index (κ3) is 4.18. The van der Waals surface area contributed by atoms with E-state index in [0.29, 0.717) is 45.1 Å². The molecule has 6 rings (SSSR count). The molecule has 0 saturated heterocycles. The molecule has 0 atom stereocenters. The number of benzene rings is 1. The molecule has 6 aromatic rings. The summed E-state index contributed by atoms with van der Waals surface area (Å²) < 4.78 is 13.9. The van der Waals surface area contributed by atoms with E-state index in [-0.39, 0.29) is 17.6 Å². The van der Waals surface area contributed by atoms with Crippen molar-refractivity contribution >= 4 is 33.8 Å². The summed E-state index contributed by atoms with van der Waals surface area (Å²) in [5.74, 6) is -0.0696. The summed E-state index contributed by atoms with van der Waals surface area (Å²) in [5, 5.41) is 10.3. The Morgan fingerprint density at radius 3 is 2.76 bits per heavy atom. The number of amides is 1. The van der Waals surface area contributed by atoms with Crippen molar-refractivity contribution in [3.63, 3.8) is 0 Å². The third-order valence-corrected chi connectivity index (χ3v) is 5.99. The number of rotatable bonds is 5. The number of aromatic nitrogens is 7. The molecule has 1 amide bonds. The molecule has 3 N–H and O–H groups in total. The molecule has 0 spiro atoms. The van der Waals surface area contributed by atoms with Gasteiger partial charge in [0.2, 0.25) is 5.91 Å². The molecular formula is C27H21FN8O. The van der Waals surface area contributed by atoms with Crippen molar-refractivity contribution in [1.29, 1.82) is 0 Å². The van der Waals surface area contributed by atoms with Crippen molar-refractivity contribution in [2.75, 3.05) is 5.32 Å². The smallest absolute Gasteiger partial charge is 0.226 e. The normalized spacial score (nSPS) is 11.5. The topological polar surface area (TPSA) is 125 Å². The minimum atomic E-state index is -0.320. The van der Waals surface area contributed by atoms with Crippen LogP contribution in [0.15, 0.2) is 67.1 Å². The Balaban J connectivity index is 1.41. The van der Waals surface area contributed by atoms with Gasteiger partial charge in [-0.15, -0.1) is 0 Å². The first-order valence-corrected chi connectivity index (χ1v) is 11.7. The van der Waals surface area contributed by atoms with Crippen LogP contribution in [-0.2, 0) is 4.79 Å². The number of pyridine rings is 3. The van der Waals surface area contributed by atoms with Crippen molar-refractivity contribution in [3.8, 4) is 33.9 Å². The molecule has 0 saturated carbocycles. The van der Waals surface area contributed by atoms with Gasteiger partial charge in [-0.25, -0.2) is 19.3 Å². The molecule has 0 aliphatic rings. The second kappa shape index (κ2) is 8.90. The van der Waals surface area contributed by atoms with Gasteiger partial charge in [-0.2, -0.15) is 5.10 Å². The van der Waals surface area contributed by atoms with Crippen molar-refractivity contribution in [2.45, 2.75) is 13.8 Å². The van der Waals surface area contributed by atoms with E-state index in [0.717, 1.165) is 16.6 Å². The average Bonchev–Trinajstić information content (AvgIpc) is 3.52. The van der Waals surface area contributed by atoms with Crippen LogP contribution in [0.2, 0.25) is 0 Å². The molecule has 0 aliphatic carbocycles. The number of carbonyl (C=O) groups is 1. The van der Waals surface area contributed by atoms with Crippen molar-refractivity contribution in [1.82, 2.24) is 35.1 Å². The second-order valence-electron chi connectivity index (χ2n) is 8.92. The van der Waals surface area contributed by atoms with Crippen LogP contribution in [0.1, 0.15) is 13.8 Å². The fourth-order valence-corrected chi connectivity index (χ4v) is 4.08. The molecule has 5 aromatic heterocycles. The standard InChI is InChI=1S/C27H21FN8O/c1-14(2)27(37)31-18-11-16(12-29-13-18)20-6-7-21-23(32-20)24(36-35-21)26-33-22-19(8-9-30-25(22)34-26)15-4-3-5-17(28)10-15/h3-14H,1-2H3,(H,31,37)(H,35,36)(H,30,33,34). The Bertz CT molecular complexity index is 1790. The highest BCUT2D eigenvalue weighted by molar-refractivity contribution is 5.95. The van der Waals surface area contributed by atoms with E-state index in [1.165, 1.54) is 12.1 Å². The van der Waals surface area contributed by atoms with E-state index >= 15 is 0 Å². The number of H-pyrrole nitrogens is 2. The van der Waals surface area contributed by atoms with Gasteiger partial charge in [-0.05, 0) is 42.0 Å². The van der Waals surface area contributed by atoms with Gasteiger partial charge in [0.05, 0.1) is 28.6 Å². The predicted molar refractivity (Wildman–Crippen MR) is 139 cm³/mol. The second-order valence-corrected chi connectivity index (χ2v) is 8.92. The lowest BCUT2D eigenvalue weighted by Gasteiger charge is -2.08. The van der Waals surface area contributed by atoms with Crippen LogP contribution in [0.3, 0.4) is 0 Å². The zero-order valence-corrected chi connectivity index (χ0v) is 20.0. The number of aromatic amines is 2. The molecule has 0 bridgehead atoms. The summed E-state index contributed by atoms with van der Waals surface area (Å²) in [6.07, 6.45) is 4.93. The lowest BCUT2D eigenvalue weighted by molar-refractivity contribution is -0.118. The molecule has 9 nitrogen and oxygen atoms in total. The van der Waals surface area contributed by atoms with Crippen molar-refractivity contribution in [2.24, 2.45) is 5.92 Å². The number of hydrogen-bond acceptors (Lipinski definition) is 6. The molecule has 0 fully saturated rings. The molecule has 10 heteroatoms. The SMILES string of the molecule is CC(C)C(=O)Nc1cncc(-c2ccc3[nH]nc(-c4nc5nccc(-c6cccc(F)c6)c5[nH]4)c3n2)c1. The number of hydrogen-bond donors (Lipinski definition) is 3. The highest BCUT2D eigenvalue weighted by Gasteiger charge is 2.18. The van der Waals surface area contributed by atoms with Crippen molar-refractivity contribution in [3.05, 3.63) is 72.9 Å². The van der Waals surface area contributed by atoms with E-state index < -0.39 is 0 Å². The summed E-state index contributed by atoms with van der Waals surface area (Å²) in [6, 6.07) is 13.8. The van der Waals surface area contributed by atoms with Crippen LogP contribution in [0, 0.1) is 11.7 Å². The molecule has 5 heterocycles. The van der Waals surface area contributed by atoms with Gasteiger partial charge in [-0.1, -0.05) is 26.0 Å². The minimum Gasteiger partial charge on any atom is -0.335 e. The summed E-state index contributed by atoms with van der Waals surface area (Å²) in [6.45, 7) is 3.66. The summed E-state index contributed by atoms with van der Waals surface area (Å²) in [7, 11) is 0. The first kappa shape index (κ1) is 22.5. The lowest BCUT2D eigenvalue weighted by Crippen LogP contribution is -2.17. The van der Waals surface area contributed by atoms with Gasteiger partial charge < -0.3 is 10.3 Å². The fraction of sp³-hybridized carbons (Fsp3) is 0.111. The Morgan fingerprint density at radius 2 is 1.92 bits per heavy atom. The lowest BCUT2D eigenvalue weighted by atomic mass is 10.1. The first-order valence-electron chi connectivity index (χ1n) is 11.7. The molecule has 0 unspecified atom stereocenters. The molecule has 37 heavy (non-hydrogen) atoms. The average molecular weight is 493 g/mol. The quantitative estimate of drug-likeness (QED) is 0.298. The number of anilines is 1. The van der Waals surface area contributed by atoms with Gasteiger partial charge in [0.25, 0.3) is 0 Å². The van der Waals surface area contributed by atoms with Crippen LogP contribution in [0.25, 0.3) is 56.1 Å². The van der Waals surface area contributed by atoms with Crippen LogP contribution >= 0.6 is 0 Å². The maximum atomic E-state index is 13.9. The van der Waals surface area contributed by atoms with Crippen LogP contribution in [-0.4, -0.2) is 41.0 Å². The molecule has 182 valence electrons. The van der Waals surface area contributed by atoms with Gasteiger partial charge in [-0.3, -0.25) is 14.9 Å². The van der Waals surface area contributed by atoms with Gasteiger partial charge in [0.1, 0.15) is 11.3 Å². The Morgan fingerprint density at radius 1 is 1.03 bits per heavy atom. The number of fused-ring (bicyclic) bond motifs is 2. The largest absolute Gasteiger partial charge is 0.335 e. The molecule has 1 aromatic carbocycles. The Kier molecular flexibility index (Phi) is 5.41. The Labute approximate surface area is 210 Å². The number of imidazole rings is 1. The van der Waals surface area contributed by atoms with Crippen molar-refractivity contribution < 1.29 is 9.18 Å². The number of halogens is 1. The van der Waals surface area contributed by atoms with Gasteiger partial charge in [0, 0.05) is 29.4 Å². The van der Waals surface area contributed by atoms with Crippen LogP contribution in [0.4, 0.5) is 10.1 Å². The zero-order chi connectivity index (χ0) is 25.5. The predicted octanol–water partition coefficient (Wildman–Crippen LogP) is 5.36. The van der Waals surface area contributed by atoms with Crippen LogP contribution in [0.5, 0.6) is 0 Å². The molecular weight excluding hydrogens is 471 g/mol. The maximum Gasteiger partial charge on any atom is 0.226 e. The zero-order valence-electron chi connectivity index (χ0n) is 20.0. The summed E-state index contributed by atoms with van der Waals surface area (Å²) in [5.41, 5.74) is 6.53. The van der Waals surface area contributed by atoms with E-state index in [9.17, 15) is 9.18 Å². The Hall–Kier alpha value is -4.99. The third-order valence-electron chi connectivity index (χ3n) is 5.99. The monoisotopic (exact) mass is 492 g/mol. The minimum absolute atomic E-state index is 0.0874. The highest BCUT2D eigenvalue weighted by atomic mass is 19.1. The number of carbonyl (C=O) groups excluding carboxylic acids is 1. The number of nitrogens with zero attached hydrogens (tertiary/aromatic N) is 5.